The molecule has 3 nitrogen and oxygen atoms in total. The van der Waals surface area contributed by atoms with Crippen molar-refractivity contribution < 1.29 is 14.3 Å². The van der Waals surface area contributed by atoms with E-state index >= 15 is 0 Å². The number of benzene rings is 1. The molecule has 4 heteroatoms. The zero-order valence-corrected chi connectivity index (χ0v) is 8.61. The van der Waals surface area contributed by atoms with Crippen LogP contribution in [0.1, 0.15) is 17.3 Å². The van der Waals surface area contributed by atoms with Crippen molar-refractivity contribution in [3.05, 3.63) is 29.6 Å². The van der Waals surface area contributed by atoms with Crippen molar-refractivity contribution in [3.8, 4) is 0 Å². The number of hydrogen-bond acceptors (Lipinski definition) is 3. The van der Waals surface area contributed by atoms with E-state index in [1.807, 2.05) is 6.92 Å². The maximum atomic E-state index is 13.5. The number of rotatable bonds is 5. The molecule has 1 N–H and O–H groups in total. The summed E-state index contributed by atoms with van der Waals surface area (Å²) >= 11 is 0. The first-order valence-electron chi connectivity index (χ1n) is 4.84. The predicted molar refractivity (Wildman–Crippen MR) is 56.8 cm³/mol. The number of likely N-dealkylation sites (N-methyl/N-ethyl adjacent to an activating group) is 1. The summed E-state index contributed by atoms with van der Waals surface area (Å²) in [5.41, 5.74) is 0.578. The fraction of sp³-hybridized carbons (Fsp3) is 0.364. The molecular formula is C11H14FNO2. The van der Waals surface area contributed by atoms with Crippen LogP contribution < -0.4 is 4.90 Å². The molecule has 82 valence electrons. The molecule has 1 aromatic carbocycles. The number of carbonyl (C=O) groups is 1. The van der Waals surface area contributed by atoms with E-state index in [9.17, 15) is 9.18 Å². The lowest BCUT2D eigenvalue weighted by molar-refractivity contribution is 0.112. The van der Waals surface area contributed by atoms with E-state index in [4.69, 9.17) is 5.11 Å². The number of nitrogens with zero attached hydrogens (tertiary/aromatic N) is 1. The molecule has 0 saturated carbocycles. The van der Waals surface area contributed by atoms with Crippen molar-refractivity contribution in [1.82, 2.24) is 0 Å². The Kier molecular flexibility index (Phi) is 4.24. The van der Waals surface area contributed by atoms with Crippen LogP contribution in [-0.2, 0) is 0 Å². The fourth-order valence-electron chi connectivity index (χ4n) is 1.51. The van der Waals surface area contributed by atoms with Gasteiger partial charge in [0.05, 0.1) is 12.3 Å². The molecule has 0 saturated heterocycles. The molecule has 0 spiro atoms. The van der Waals surface area contributed by atoms with E-state index in [2.05, 4.69) is 0 Å². The molecule has 0 aromatic heterocycles. The molecule has 0 aliphatic rings. The Balaban J connectivity index is 3.13. The summed E-state index contributed by atoms with van der Waals surface area (Å²) < 4.78 is 13.5. The number of aldehydes is 1. The van der Waals surface area contributed by atoms with Crippen LogP contribution in [0, 0.1) is 5.82 Å². The van der Waals surface area contributed by atoms with Gasteiger partial charge in [-0.15, -0.1) is 0 Å². The molecule has 1 aromatic rings. The number of para-hydroxylation sites is 1. The normalized spacial score (nSPS) is 10.1. The Hall–Kier alpha value is -1.42. The highest BCUT2D eigenvalue weighted by molar-refractivity contribution is 5.84. The van der Waals surface area contributed by atoms with E-state index in [0.29, 0.717) is 24.9 Å². The minimum atomic E-state index is -0.435. The van der Waals surface area contributed by atoms with Crippen LogP contribution in [-0.4, -0.2) is 31.1 Å². The summed E-state index contributed by atoms with van der Waals surface area (Å²) in [6.45, 7) is 2.64. The van der Waals surface area contributed by atoms with E-state index < -0.39 is 5.82 Å². The summed E-state index contributed by atoms with van der Waals surface area (Å²) in [6.07, 6.45) is 0.623. The standard InChI is InChI=1S/C11H14FNO2/c1-2-13(6-7-14)11-9(8-15)4-3-5-10(11)12/h3-5,8,14H,2,6-7H2,1H3. The minimum absolute atomic E-state index is 0.0690. The van der Waals surface area contributed by atoms with Gasteiger partial charge in [-0.3, -0.25) is 4.79 Å². The number of carbonyl (C=O) groups excluding carboxylic acids is 1. The van der Waals surface area contributed by atoms with Crippen LogP contribution in [0.4, 0.5) is 10.1 Å². The molecule has 0 aliphatic carbocycles. The predicted octanol–water partition coefficient (Wildman–Crippen LogP) is 1.46. The lowest BCUT2D eigenvalue weighted by Gasteiger charge is -2.23. The van der Waals surface area contributed by atoms with Crippen LogP contribution in [0.5, 0.6) is 0 Å². The molecule has 15 heavy (non-hydrogen) atoms. The summed E-state index contributed by atoms with van der Waals surface area (Å²) in [5, 5.41) is 8.83. The van der Waals surface area contributed by atoms with Gasteiger partial charge in [-0.05, 0) is 19.1 Å². The van der Waals surface area contributed by atoms with Gasteiger partial charge in [0.2, 0.25) is 0 Å². The molecular weight excluding hydrogens is 197 g/mol. The van der Waals surface area contributed by atoms with Gasteiger partial charge in [-0.2, -0.15) is 0 Å². The quantitative estimate of drug-likeness (QED) is 0.749. The molecule has 0 bridgehead atoms. The van der Waals surface area contributed by atoms with Gasteiger partial charge in [0.25, 0.3) is 0 Å². The van der Waals surface area contributed by atoms with E-state index in [1.165, 1.54) is 12.1 Å². The third-order valence-corrected chi connectivity index (χ3v) is 2.21. The second kappa shape index (κ2) is 5.46. The van der Waals surface area contributed by atoms with E-state index in [1.54, 1.807) is 11.0 Å². The van der Waals surface area contributed by atoms with Crippen molar-refractivity contribution in [1.29, 1.82) is 0 Å². The topological polar surface area (TPSA) is 40.5 Å². The number of hydrogen-bond donors (Lipinski definition) is 1. The lowest BCUT2D eigenvalue weighted by atomic mass is 10.1. The van der Waals surface area contributed by atoms with Crippen molar-refractivity contribution in [2.24, 2.45) is 0 Å². The van der Waals surface area contributed by atoms with Crippen LogP contribution in [0.25, 0.3) is 0 Å². The van der Waals surface area contributed by atoms with Crippen molar-refractivity contribution in [2.45, 2.75) is 6.92 Å². The zero-order chi connectivity index (χ0) is 11.3. The van der Waals surface area contributed by atoms with Gasteiger partial charge in [0.15, 0.2) is 6.29 Å². The Morgan fingerprint density at radius 1 is 1.53 bits per heavy atom. The first-order valence-corrected chi connectivity index (χ1v) is 4.84. The Bertz CT molecular complexity index is 341. The van der Waals surface area contributed by atoms with Crippen LogP contribution >= 0.6 is 0 Å². The minimum Gasteiger partial charge on any atom is -0.395 e. The smallest absolute Gasteiger partial charge is 0.152 e. The zero-order valence-electron chi connectivity index (χ0n) is 8.61. The van der Waals surface area contributed by atoms with Gasteiger partial charge in [-0.1, -0.05) is 6.07 Å². The first-order chi connectivity index (χ1) is 7.24. The second-order valence-corrected chi connectivity index (χ2v) is 3.10. The van der Waals surface area contributed by atoms with Gasteiger partial charge in [0.1, 0.15) is 5.82 Å². The fourth-order valence-corrected chi connectivity index (χ4v) is 1.51. The first kappa shape index (κ1) is 11.7. The molecule has 0 unspecified atom stereocenters. The summed E-state index contributed by atoms with van der Waals surface area (Å²) in [4.78, 5) is 12.4. The maximum absolute atomic E-state index is 13.5. The van der Waals surface area contributed by atoms with Crippen LogP contribution in [0.2, 0.25) is 0 Å². The highest BCUT2D eigenvalue weighted by atomic mass is 19.1. The maximum Gasteiger partial charge on any atom is 0.152 e. The second-order valence-electron chi connectivity index (χ2n) is 3.10. The largest absolute Gasteiger partial charge is 0.395 e. The highest BCUT2D eigenvalue weighted by Crippen LogP contribution is 2.22. The molecule has 0 fully saturated rings. The lowest BCUT2D eigenvalue weighted by Crippen LogP contribution is -2.28. The molecule has 0 heterocycles. The summed E-state index contributed by atoms with van der Waals surface area (Å²) in [7, 11) is 0. The van der Waals surface area contributed by atoms with Crippen molar-refractivity contribution in [2.75, 3.05) is 24.6 Å². The Labute approximate surface area is 88.1 Å². The van der Waals surface area contributed by atoms with Gasteiger partial charge in [0, 0.05) is 18.7 Å². The molecule has 0 amide bonds. The molecule has 0 aliphatic heterocycles. The molecule has 0 radical (unpaired) electrons. The number of anilines is 1. The Morgan fingerprint density at radius 3 is 2.80 bits per heavy atom. The van der Waals surface area contributed by atoms with Crippen molar-refractivity contribution >= 4 is 12.0 Å². The third kappa shape index (κ3) is 2.53. The van der Waals surface area contributed by atoms with Crippen LogP contribution in [0.3, 0.4) is 0 Å². The van der Waals surface area contributed by atoms with Gasteiger partial charge >= 0.3 is 0 Å². The third-order valence-electron chi connectivity index (χ3n) is 2.21. The van der Waals surface area contributed by atoms with Crippen LogP contribution in [0.15, 0.2) is 18.2 Å². The summed E-state index contributed by atoms with van der Waals surface area (Å²) in [6, 6.07) is 4.36. The average molecular weight is 211 g/mol. The van der Waals surface area contributed by atoms with Crippen molar-refractivity contribution in [3.63, 3.8) is 0 Å². The number of aliphatic hydroxyl groups is 1. The van der Waals surface area contributed by atoms with E-state index in [-0.39, 0.29) is 12.3 Å². The highest BCUT2D eigenvalue weighted by Gasteiger charge is 2.13. The SMILES string of the molecule is CCN(CCO)c1c(F)cccc1C=O. The molecule has 0 atom stereocenters. The van der Waals surface area contributed by atoms with E-state index in [0.717, 1.165) is 0 Å². The van der Waals surface area contributed by atoms with Gasteiger partial charge in [-0.25, -0.2) is 4.39 Å². The molecule has 1 rings (SSSR count). The summed E-state index contributed by atoms with van der Waals surface area (Å²) in [5.74, 6) is -0.435. The van der Waals surface area contributed by atoms with Gasteiger partial charge < -0.3 is 10.0 Å². The average Bonchev–Trinajstić information content (AvgIpc) is 2.26. The number of aliphatic hydroxyl groups excluding tert-OH is 1. The monoisotopic (exact) mass is 211 g/mol. The number of halogens is 1. The Morgan fingerprint density at radius 2 is 2.27 bits per heavy atom.